The number of nitrogens with zero attached hydrogens (tertiary/aromatic N) is 2. The molecule has 0 unspecified atom stereocenters. The molecule has 184 valence electrons. The Morgan fingerprint density at radius 1 is 0.861 bits per heavy atom. The Bertz CT molecular complexity index is 1420. The quantitative estimate of drug-likeness (QED) is 0.170. The van der Waals surface area contributed by atoms with Gasteiger partial charge in [-0.25, -0.2) is 4.39 Å². The van der Waals surface area contributed by atoms with Crippen molar-refractivity contribution in [3.63, 3.8) is 0 Å². The predicted octanol–water partition coefficient (Wildman–Crippen LogP) is 7.28. The number of benzene rings is 2. The fraction of sp³-hybridized carbons (Fsp3) is 0.0400. The van der Waals surface area contributed by atoms with E-state index in [1.807, 2.05) is 0 Å². The summed E-state index contributed by atoms with van der Waals surface area (Å²) in [5.41, 5.74) is 1.61. The number of amides is 2. The molecule has 0 spiro atoms. The van der Waals surface area contributed by atoms with Crippen LogP contribution in [0.1, 0.15) is 23.7 Å². The van der Waals surface area contributed by atoms with Crippen LogP contribution in [0.5, 0.6) is 0 Å². The molecule has 2 amide bonds. The molecule has 0 fully saturated rings. The van der Waals surface area contributed by atoms with Gasteiger partial charge in [0.2, 0.25) is 0 Å². The number of carbonyl (C=O) groups is 2. The van der Waals surface area contributed by atoms with Gasteiger partial charge in [-0.2, -0.15) is 0 Å². The number of anilines is 2. The van der Waals surface area contributed by atoms with Crippen molar-refractivity contribution in [3.05, 3.63) is 107 Å². The number of alkyl halides is 1. The molecule has 0 atom stereocenters. The number of aromatic nitrogens is 2. The largest absolute Gasteiger partial charge is 0.321 e. The molecule has 4 rings (SSSR count). The Labute approximate surface area is 229 Å². The van der Waals surface area contributed by atoms with Gasteiger partial charge in [-0.1, -0.05) is 47.1 Å². The molecule has 0 aliphatic heterocycles. The number of thioether (sulfide) groups is 1. The van der Waals surface area contributed by atoms with Crippen LogP contribution < -0.4 is 10.6 Å². The molecule has 0 bridgehead atoms. The van der Waals surface area contributed by atoms with Crippen LogP contribution in [0.2, 0.25) is 10.0 Å². The van der Waals surface area contributed by atoms with Gasteiger partial charge < -0.3 is 10.6 Å². The minimum Gasteiger partial charge on any atom is -0.321 e. The van der Waals surface area contributed by atoms with Crippen molar-refractivity contribution in [2.45, 2.75) is 9.79 Å². The van der Waals surface area contributed by atoms with Crippen LogP contribution in [-0.2, 0) is 0 Å². The van der Waals surface area contributed by atoms with Gasteiger partial charge in [0, 0.05) is 33.6 Å². The number of rotatable bonds is 6. The summed E-state index contributed by atoms with van der Waals surface area (Å²) >= 11 is 16.2. The summed E-state index contributed by atoms with van der Waals surface area (Å²) < 4.78 is 26.9. The first-order chi connectivity index (χ1) is 18.0. The fourth-order valence-electron chi connectivity index (χ4n) is 2.68. The standard InChI is InChI=1S/C13H10ClFN2OS.C12H9ClN2OS/c14-10-5-4-9(7-12(10)19-8-15)17-13(18)11-3-1-2-6-16-11;13-9-5-4-8(7-11(9)17)15-12(16)10-3-1-2-6-14-10/h1-7H,8H2,(H,17,18);1-7,17H,(H,15,16)/i8D2;. The Morgan fingerprint density at radius 3 is 1.86 bits per heavy atom. The smallest absolute Gasteiger partial charge is 0.274 e. The maximum atomic E-state index is 13.1. The molecule has 0 radical (unpaired) electrons. The molecule has 6 nitrogen and oxygen atoms in total. The van der Waals surface area contributed by atoms with E-state index in [-0.39, 0.29) is 21.5 Å². The molecule has 2 heterocycles. The number of carbonyl (C=O) groups excluding carboxylic acids is 2. The van der Waals surface area contributed by atoms with Crippen LogP contribution in [0, 0.1) is 0 Å². The highest BCUT2D eigenvalue weighted by Crippen LogP contribution is 2.30. The van der Waals surface area contributed by atoms with E-state index in [9.17, 15) is 14.0 Å². The van der Waals surface area contributed by atoms with Gasteiger partial charge in [-0.15, -0.1) is 12.6 Å². The lowest BCUT2D eigenvalue weighted by Crippen LogP contribution is -2.13. The number of hydrogen-bond acceptors (Lipinski definition) is 6. The predicted molar refractivity (Wildman–Crippen MR) is 146 cm³/mol. The van der Waals surface area contributed by atoms with Crippen LogP contribution in [0.25, 0.3) is 0 Å². The van der Waals surface area contributed by atoms with Crippen LogP contribution in [0.15, 0.2) is 95.0 Å². The van der Waals surface area contributed by atoms with Gasteiger partial charge in [0.25, 0.3) is 11.8 Å². The molecule has 0 aliphatic rings. The van der Waals surface area contributed by atoms with Gasteiger partial charge in [0.15, 0.2) is 0 Å². The van der Waals surface area contributed by atoms with Crippen LogP contribution in [0.3, 0.4) is 0 Å². The number of pyridine rings is 2. The third-order valence-electron chi connectivity index (χ3n) is 4.34. The van der Waals surface area contributed by atoms with Gasteiger partial charge in [0.1, 0.15) is 17.3 Å². The Kier molecular flexibility index (Phi) is 9.45. The minimum atomic E-state index is -2.95. The summed E-state index contributed by atoms with van der Waals surface area (Å²) in [7, 11) is 0. The average molecular weight is 564 g/mol. The average Bonchev–Trinajstić information content (AvgIpc) is 2.89. The highest BCUT2D eigenvalue weighted by Gasteiger charge is 2.09. The first-order valence-corrected chi connectivity index (χ1v) is 12.1. The molecule has 36 heavy (non-hydrogen) atoms. The van der Waals surface area contributed by atoms with Gasteiger partial charge in [-0.05, 0) is 60.7 Å². The number of halogens is 3. The molecule has 0 saturated carbocycles. The van der Waals surface area contributed by atoms with Crippen molar-refractivity contribution in [2.75, 3.05) is 16.6 Å². The third-order valence-corrected chi connectivity index (χ3v) is 6.24. The molecular formula is C25H19Cl2FN4O2S2. The zero-order valence-corrected chi connectivity index (χ0v) is 21.5. The highest BCUT2D eigenvalue weighted by molar-refractivity contribution is 7.99. The molecule has 4 aromatic rings. The van der Waals surface area contributed by atoms with E-state index >= 15 is 0 Å². The minimum absolute atomic E-state index is 0.197. The van der Waals surface area contributed by atoms with Gasteiger partial charge >= 0.3 is 0 Å². The summed E-state index contributed by atoms with van der Waals surface area (Å²) in [4.78, 5) is 32.4. The zero-order valence-electron chi connectivity index (χ0n) is 20.3. The van der Waals surface area contributed by atoms with E-state index in [2.05, 4.69) is 33.2 Å². The molecule has 0 aliphatic carbocycles. The number of hydrogen-bond donors (Lipinski definition) is 3. The van der Waals surface area contributed by atoms with Crippen molar-refractivity contribution in [1.29, 1.82) is 0 Å². The second-order valence-corrected chi connectivity index (χ2v) is 8.92. The van der Waals surface area contributed by atoms with Crippen molar-refractivity contribution in [1.82, 2.24) is 9.97 Å². The van der Waals surface area contributed by atoms with E-state index in [0.717, 1.165) is 0 Å². The normalized spacial score (nSPS) is 11.3. The first kappa shape index (κ1) is 24.6. The lowest BCUT2D eigenvalue weighted by atomic mass is 10.3. The number of nitrogens with one attached hydrogen (secondary N) is 2. The lowest BCUT2D eigenvalue weighted by Gasteiger charge is -2.07. The molecular weight excluding hydrogens is 542 g/mol. The van der Waals surface area contributed by atoms with E-state index in [0.29, 0.717) is 38.7 Å². The first-order valence-electron chi connectivity index (χ1n) is 11.1. The maximum Gasteiger partial charge on any atom is 0.274 e. The van der Waals surface area contributed by atoms with Gasteiger partial charge in [-0.3, -0.25) is 19.6 Å². The monoisotopic (exact) mass is 562 g/mol. The summed E-state index contributed by atoms with van der Waals surface area (Å²) in [6.07, 6.45) is 3.07. The third kappa shape index (κ3) is 8.23. The van der Waals surface area contributed by atoms with Crippen molar-refractivity contribution in [3.8, 4) is 0 Å². The Balaban J connectivity index is 0.000000215. The summed E-state index contributed by atoms with van der Waals surface area (Å²) in [5, 5.41) is 6.06. The molecule has 2 N–H and O–H groups in total. The summed E-state index contributed by atoms with van der Waals surface area (Å²) in [6, 6.07) is 19.6. The molecule has 0 saturated heterocycles. The highest BCUT2D eigenvalue weighted by atomic mass is 35.5. The van der Waals surface area contributed by atoms with E-state index in [1.165, 1.54) is 18.3 Å². The van der Waals surface area contributed by atoms with Crippen LogP contribution >= 0.6 is 47.6 Å². The second-order valence-electron chi connectivity index (χ2n) is 6.83. The molecule has 2 aromatic heterocycles. The van der Waals surface area contributed by atoms with E-state index < -0.39 is 11.9 Å². The van der Waals surface area contributed by atoms with Gasteiger partial charge in [0.05, 0.1) is 12.8 Å². The number of thiol groups is 1. The van der Waals surface area contributed by atoms with Crippen LogP contribution in [-0.4, -0.2) is 27.7 Å². The SMILES string of the molecule is O=C(Nc1ccc(Cl)c(S)c1)c1ccccn1.[2H]C([2H])(F)Sc1cc(NC(=O)c2ccccn2)ccc1Cl. The van der Waals surface area contributed by atoms with Crippen molar-refractivity contribution in [2.24, 2.45) is 0 Å². The maximum absolute atomic E-state index is 13.1. The Morgan fingerprint density at radius 2 is 1.39 bits per heavy atom. The van der Waals surface area contributed by atoms with E-state index in [4.69, 9.17) is 25.9 Å². The Hall–Kier alpha value is -3.11. The summed E-state index contributed by atoms with van der Waals surface area (Å²) in [5.74, 6) is -3.63. The summed E-state index contributed by atoms with van der Waals surface area (Å²) in [6.45, 7) is 0. The van der Waals surface area contributed by atoms with Crippen molar-refractivity contribution < 1.29 is 16.7 Å². The fourth-order valence-corrected chi connectivity index (χ4v) is 3.67. The van der Waals surface area contributed by atoms with Crippen molar-refractivity contribution >= 4 is 70.8 Å². The topological polar surface area (TPSA) is 84.0 Å². The second kappa shape index (κ2) is 13.8. The lowest BCUT2D eigenvalue weighted by molar-refractivity contribution is 0.101. The van der Waals surface area contributed by atoms with E-state index in [1.54, 1.807) is 66.9 Å². The molecule has 2 aromatic carbocycles. The van der Waals surface area contributed by atoms with Crippen LogP contribution in [0.4, 0.5) is 15.8 Å². The molecule has 11 heteroatoms. The zero-order chi connectivity index (χ0) is 27.7.